The van der Waals surface area contributed by atoms with E-state index in [4.69, 9.17) is 9.15 Å². The minimum absolute atomic E-state index is 0.108. The SMILES string of the molecule is CCC(C)NC(=O)c1cccc(CNC(=O)c2ccc(COc3ccc(Br)cc3)o2)c1. The van der Waals surface area contributed by atoms with Crippen LogP contribution in [-0.2, 0) is 13.2 Å². The maximum absolute atomic E-state index is 12.4. The summed E-state index contributed by atoms with van der Waals surface area (Å²) in [6.45, 7) is 4.49. The van der Waals surface area contributed by atoms with Crippen molar-refractivity contribution in [2.24, 2.45) is 0 Å². The minimum Gasteiger partial charge on any atom is -0.486 e. The molecule has 6 nitrogen and oxygen atoms in total. The van der Waals surface area contributed by atoms with E-state index in [-0.39, 0.29) is 36.8 Å². The molecule has 0 fully saturated rings. The fourth-order valence-corrected chi connectivity index (χ4v) is 3.03. The molecule has 0 aliphatic heterocycles. The summed E-state index contributed by atoms with van der Waals surface area (Å²) in [6, 6.07) is 18.1. The van der Waals surface area contributed by atoms with Crippen LogP contribution in [0, 0.1) is 0 Å². The molecular weight excluding hydrogens is 460 g/mol. The quantitative estimate of drug-likeness (QED) is 0.443. The molecule has 0 radical (unpaired) electrons. The van der Waals surface area contributed by atoms with Crippen molar-refractivity contribution in [3.8, 4) is 5.75 Å². The Labute approximate surface area is 190 Å². The Morgan fingerprint density at radius 1 is 1.06 bits per heavy atom. The monoisotopic (exact) mass is 484 g/mol. The van der Waals surface area contributed by atoms with Gasteiger partial charge in [-0.15, -0.1) is 0 Å². The number of hydrogen-bond acceptors (Lipinski definition) is 4. The summed E-state index contributed by atoms with van der Waals surface area (Å²) in [4.78, 5) is 24.7. The number of hydrogen-bond donors (Lipinski definition) is 2. The lowest BCUT2D eigenvalue weighted by atomic mass is 10.1. The second kappa shape index (κ2) is 10.8. The molecule has 0 aliphatic rings. The van der Waals surface area contributed by atoms with Crippen molar-refractivity contribution in [3.05, 3.63) is 87.8 Å². The number of halogens is 1. The van der Waals surface area contributed by atoms with Crippen LogP contribution in [0.1, 0.15) is 52.5 Å². The zero-order valence-electron chi connectivity index (χ0n) is 17.5. The van der Waals surface area contributed by atoms with Crippen LogP contribution in [0.2, 0.25) is 0 Å². The number of amides is 2. The molecule has 2 aromatic carbocycles. The summed E-state index contributed by atoms with van der Waals surface area (Å²) in [6.07, 6.45) is 0.862. The van der Waals surface area contributed by atoms with Gasteiger partial charge < -0.3 is 19.8 Å². The highest BCUT2D eigenvalue weighted by atomic mass is 79.9. The first-order valence-electron chi connectivity index (χ1n) is 10.1. The van der Waals surface area contributed by atoms with Crippen molar-refractivity contribution < 1.29 is 18.7 Å². The molecule has 3 rings (SSSR count). The van der Waals surface area contributed by atoms with E-state index in [9.17, 15) is 9.59 Å². The zero-order valence-corrected chi connectivity index (χ0v) is 19.1. The molecule has 2 amide bonds. The van der Waals surface area contributed by atoms with Crippen molar-refractivity contribution in [3.63, 3.8) is 0 Å². The highest BCUT2D eigenvalue weighted by Gasteiger charge is 2.13. The summed E-state index contributed by atoms with van der Waals surface area (Å²) < 4.78 is 12.2. The smallest absolute Gasteiger partial charge is 0.287 e. The molecule has 0 saturated heterocycles. The van der Waals surface area contributed by atoms with Gasteiger partial charge >= 0.3 is 0 Å². The van der Waals surface area contributed by atoms with E-state index in [1.54, 1.807) is 30.3 Å². The summed E-state index contributed by atoms with van der Waals surface area (Å²) >= 11 is 3.38. The van der Waals surface area contributed by atoms with E-state index in [1.165, 1.54) is 0 Å². The van der Waals surface area contributed by atoms with Gasteiger partial charge in [-0.3, -0.25) is 9.59 Å². The Hall–Kier alpha value is -3.06. The van der Waals surface area contributed by atoms with Crippen LogP contribution in [-0.4, -0.2) is 17.9 Å². The summed E-state index contributed by atoms with van der Waals surface area (Å²) in [5.41, 5.74) is 1.40. The molecule has 1 heterocycles. The molecule has 162 valence electrons. The molecule has 3 aromatic rings. The third kappa shape index (κ3) is 6.72. The predicted octanol–water partition coefficient (Wildman–Crippen LogP) is 5.08. The summed E-state index contributed by atoms with van der Waals surface area (Å²) in [7, 11) is 0. The Morgan fingerprint density at radius 2 is 1.84 bits per heavy atom. The van der Waals surface area contributed by atoms with Gasteiger partial charge in [0, 0.05) is 22.6 Å². The van der Waals surface area contributed by atoms with Gasteiger partial charge in [-0.2, -0.15) is 0 Å². The van der Waals surface area contributed by atoms with Gasteiger partial charge in [0.05, 0.1) is 0 Å². The lowest BCUT2D eigenvalue weighted by Crippen LogP contribution is -2.32. The van der Waals surface area contributed by atoms with E-state index in [2.05, 4.69) is 26.6 Å². The van der Waals surface area contributed by atoms with E-state index < -0.39 is 0 Å². The summed E-state index contributed by atoms with van der Waals surface area (Å²) in [5, 5.41) is 5.75. The van der Waals surface area contributed by atoms with Crippen molar-refractivity contribution >= 4 is 27.7 Å². The normalized spacial score (nSPS) is 11.6. The second-order valence-corrected chi connectivity index (χ2v) is 8.09. The van der Waals surface area contributed by atoms with Crippen LogP contribution in [0.3, 0.4) is 0 Å². The fraction of sp³-hybridized carbons (Fsp3) is 0.250. The fourth-order valence-electron chi connectivity index (χ4n) is 2.76. The largest absolute Gasteiger partial charge is 0.486 e. The van der Waals surface area contributed by atoms with Crippen LogP contribution in [0.15, 0.2) is 69.6 Å². The first kappa shape index (κ1) is 22.6. The standard InChI is InChI=1S/C24H25BrN2O4/c1-3-16(2)27-23(28)18-6-4-5-17(13-18)14-26-24(29)22-12-11-21(31-22)15-30-20-9-7-19(25)8-10-20/h4-13,16H,3,14-15H2,1-2H3,(H,26,29)(H,27,28). The maximum atomic E-state index is 12.4. The third-order valence-corrected chi connectivity index (χ3v) is 5.24. The Balaban J connectivity index is 1.52. The zero-order chi connectivity index (χ0) is 22.2. The van der Waals surface area contributed by atoms with Crippen LogP contribution in [0.4, 0.5) is 0 Å². The first-order chi connectivity index (χ1) is 14.9. The number of rotatable bonds is 9. The Morgan fingerprint density at radius 3 is 2.58 bits per heavy atom. The number of carbonyl (C=O) groups is 2. The molecule has 1 atom stereocenters. The number of furan rings is 1. The molecule has 0 spiro atoms. The average molecular weight is 485 g/mol. The van der Waals surface area contributed by atoms with Gasteiger partial charge in [0.25, 0.3) is 11.8 Å². The van der Waals surface area contributed by atoms with E-state index in [0.717, 1.165) is 16.5 Å². The molecule has 31 heavy (non-hydrogen) atoms. The molecular formula is C24H25BrN2O4. The molecule has 2 N–H and O–H groups in total. The van der Waals surface area contributed by atoms with Crippen molar-refractivity contribution in [1.29, 1.82) is 0 Å². The van der Waals surface area contributed by atoms with Crippen LogP contribution < -0.4 is 15.4 Å². The van der Waals surface area contributed by atoms with Crippen molar-refractivity contribution in [1.82, 2.24) is 10.6 Å². The van der Waals surface area contributed by atoms with Gasteiger partial charge in [-0.25, -0.2) is 0 Å². The highest BCUT2D eigenvalue weighted by Crippen LogP contribution is 2.18. The van der Waals surface area contributed by atoms with Crippen molar-refractivity contribution in [2.75, 3.05) is 0 Å². The van der Waals surface area contributed by atoms with Gasteiger partial charge in [-0.1, -0.05) is 35.0 Å². The first-order valence-corrected chi connectivity index (χ1v) is 10.9. The van der Waals surface area contributed by atoms with Crippen LogP contribution in [0.25, 0.3) is 0 Å². The second-order valence-electron chi connectivity index (χ2n) is 7.17. The number of nitrogens with one attached hydrogen (secondary N) is 2. The molecule has 0 saturated carbocycles. The summed E-state index contributed by atoms with van der Waals surface area (Å²) in [5.74, 6) is 1.02. The van der Waals surface area contributed by atoms with Gasteiger partial charge in [0.1, 0.15) is 18.1 Å². The highest BCUT2D eigenvalue weighted by molar-refractivity contribution is 9.10. The lowest BCUT2D eigenvalue weighted by Gasteiger charge is -2.12. The van der Waals surface area contributed by atoms with E-state index in [0.29, 0.717) is 17.1 Å². The Kier molecular flexibility index (Phi) is 7.89. The van der Waals surface area contributed by atoms with Gasteiger partial charge in [0.2, 0.25) is 0 Å². The number of benzene rings is 2. The topological polar surface area (TPSA) is 80.6 Å². The van der Waals surface area contributed by atoms with Crippen molar-refractivity contribution in [2.45, 2.75) is 39.5 Å². The van der Waals surface area contributed by atoms with E-state index >= 15 is 0 Å². The average Bonchev–Trinajstić information content (AvgIpc) is 3.26. The predicted molar refractivity (Wildman–Crippen MR) is 122 cm³/mol. The molecule has 7 heteroatoms. The van der Waals surface area contributed by atoms with Crippen LogP contribution >= 0.6 is 15.9 Å². The molecule has 1 unspecified atom stereocenters. The number of carbonyl (C=O) groups excluding carboxylic acids is 2. The third-order valence-electron chi connectivity index (χ3n) is 4.71. The Bertz CT molecular complexity index is 1030. The number of ether oxygens (including phenoxy) is 1. The van der Waals surface area contributed by atoms with E-state index in [1.807, 2.05) is 44.2 Å². The molecule has 1 aromatic heterocycles. The van der Waals surface area contributed by atoms with Gasteiger partial charge in [0.15, 0.2) is 5.76 Å². The molecule has 0 bridgehead atoms. The lowest BCUT2D eigenvalue weighted by molar-refractivity contribution is 0.0917. The molecule has 0 aliphatic carbocycles. The minimum atomic E-state index is -0.329. The van der Waals surface area contributed by atoms with Gasteiger partial charge in [-0.05, 0) is 67.4 Å². The van der Waals surface area contributed by atoms with Crippen LogP contribution in [0.5, 0.6) is 5.75 Å². The maximum Gasteiger partial charge on any atom is 0.287 e.